The molecule has 2 N–H and O–H groups in total. The molecule has 0 aromatic carbocycles. The number of anilines is 1. The van der Waals surface area contributed by atoms with Crippen molar-refractivity contribution in [1.29, 1.82) is 0 Å². The molecule has 2 aromatic rings. The van der Waals surface area contributed by atoms with Gasteiger partial charge in [0.15, 0.2) is 17.4 Å². The summed E-state index contributed by atoms with van der Waals surface area (Å²) in [7, 11) is 1.53. The zero-order chi connectivity index (χ0) is 16.4. The lowest BCUT2D eigenvalue weighted by molar-refractivity contribution is -0.0583. The van der Waals surface area contributed by atoms with Crippen LogP contribution in [0.15, 0.2) is 6.33 Å². The molecule has 0 aliphatic carbocycles. The van der Waals surface area contributed by atoms with E-state index >= 15 is 0 Å². The Hall–Kier alpha value is -1.93. The van der Waals surface area contributed by atoms with Crippen molar-refractivity contribution in [3.63, 3.8) is 0 Å². The Morgan fingerprint density at radius 1 is 1.42 bits per heavy atom. The van der Waals surface area contributed by atoms with Crippen molar-refractivity contribution in [3.8, 4) is 5.88 Å². The molecule has 3 heterocycles. The second-order valence-corrected chi connectivity index (χ2v) is 5.75. The van der Waals surface area contributed by atoms with E-state index in [9.17, 15) is 0 Å². The van der Waals surface area contributed by atoms with Crippen molar-refractivity contribution in [2.45, 2.75) is 59.0 Å². The van der Waals surface area contributed by atoms with Crippen LogP contribution in [0.2, 0.25) is 0 Å². The van der Waals surface area contributed by atoms with Crippen LogP contribution in [0.25, 0.3) is 11.2 Å². The van der Waals surface area contributed by atoms with Crippen molar-refractivity contribution in [2.75, 3.05) is 19.5 Å². The Labute approximate surface area is 142 Å². The topological polar surface area (TPSA) is 97.3 Å². The first-order valence-electron chi connectivity index (χ1n) is 7.95. The molecule has 2 aromatic heterocycles. The first-order valence-corrected chi connectivity index (χ1v) is 7.95. The van der Waals surface area contributed by atoms with E-state index in [0.29, 0.717) is 17.0 Å². The number of hydrogen-bond acceptors (Lipinski definition) is 7. The van der Waals surface area contributed by atoms with Gasteiger partial charge in [0.25, 0.3) is 0 Å². The van der Waals surface area contributed by atoms with Crippen LogP contribution in [0.5, 0.6) is 5.88 Å². The third-order valence-electron chi connectivity index (χ3n) is 3.96. The fourth-order valence-corrected chi connectivity index (χ4v) is 2.83. The monoisotopic (exact) mass is 337 g/mol. The minimum Gasteiger partial charge on any atom is -0.479 e. The number of aromatic nitrogens is 4. The van der Waals surface area contributed by atoms with E-state index in [2.05, 4.69) is 21.9 Å². The van der Waals surface area contributed by atoms with Crippen molar-refractivity contribution in [1.82, 2.24) is 19.5 Å². The van der Waals surface area contributed by atoms with E-state index in [1.54, 1.807) is 6.33 Å². The molecule has 1 fully saturated rings. The summed E-state index contributed by atoms with van der Waals surface area (Å²) in [6, 6.07) is 0. The molecule has 3 atom stereocenters. The Kier molecular flexibility index (Phi) is 5.95. The van der Waals surface area contributed by atoms with Gasteiger partial charge >= 0.3 is 0 Å². The highest BCUT2D eigenvalue weighted by molar-refractivity contribution is 5.77. The lowest BCUT2D eigenvalue weighted by Crippen LogP contribution is -2.23. The fourth-order valence-electron chi connectivity index (χ4n) is 2.83. The molecule has 0 saturated carbocycles. The number of fused-ring (bicyclic) bond motifs is 1. The highest BCUT2D eigenvalue weighted by Crippen LogP contribution is 2.34. The molecule has 0 amide bonds. The second kappa shape index (κ2) is 7.76. The fraction of sp³-hybridized carbons (Fsp3) is 0.688. The van der Waals surface area contributed by atoms with Crippen LogP contribution in [0, 0.1) is 0 Å². The number of methoxy groups -OCH3 is 1. The maximum atomic E-state index is 6.03. The van der Waals surface area contributed by atoms with E-state index in [0.717, 1.165) is 25.9 Å². The first-order chi connectivity index (χ1) is 11.1. The third-order valence-corrected chi connectivity index (χ3v) is 3.96. The standard InChI is InChI=1S/C15H23N5O3.CH4/c1-4-5-6-22-10-7-9(2)23-14(10)20-8-17-11-12(20)18-15(16)19-13(11)21-3;/h8-10,14H,4-7H2,1-3H3,(H2,16,18,19);1H4. The van der Waals surface area contributed by atoms with E-state index in [-0.39, 0.29) is 31.8 Å². The van der Waals surface area contributed by atoms with Crippen molar-refractivity contribution < 1.29 is 14.2 Å². The van der Waals surface area contributed by atoms with Crippen LogP contribution in [0.4, 0.5) is 5.95 Å². The second-order valence-electron chi connectivity index (χ2n) is 5.75. The number of rotatable bonds is 6. The molecular weight excluding hydrogens is 310 g/mol. The van der Waals surface area contributed by atoms with Gasteiger partial charge in [-0.25, -0.2) is 4.98 Å². The quantitative estimate of drug-likeness (QED) is 0.809. The van der Waals surface area contributed by atoms with Crippen molar-refractivity contribution >= 4 is 17.1 Å². The summed E-state index contributed by atoms with van der Waals surface area (Å²) >= 11 is 0. The Morgan fingerprint density at radius 2 is 2.21 bits per heavy atom. The minimum atomic E-state index is -0.272. The molecule has 0 bridgehead atoms. The Bertz CT molecular complexity index is 675. The number of imidazole rings is 1. The van der Waals surface area contributed by atoms with Crippen LogP contribution in [-0.2, 0) is 9.47 Å². The largest absolute Gasteiger partial charge is 0.479 e. The summed E-state index contributed by atoms with van der Waals surface area (Å²) in [5.74, 6) is 0.506. The molecule has 3 rings (SSSR count). The van der Waals surface area contributed by atoms with Crippen LogP contribution in [0.3, 0.4) is 0 Å². The average Bonchev–Trinajstić information content (AvgIpc) is 3.10. The van der Waals surface area contributed by atoms with Crippen LogP contribution in [0.1, 0.15) is 46.8 Å². The van der Waals surface area contributed by atoms with Gasteiger partial charge in [0, 0.05) is 13.0 Å². The van der Waals surface area contributed by atoms with E-state index < -0.39 is 0 Å². The summed E-state index contributed by atoms with van der Waals surface area (Å²) in [4.78, 5) is 12.7. The van der Waals surface area contributed by atoms with Gasteiger partial charge in [0.1, 0.15) is 6.10 Å². The number of hydrogen-bond donors (Lipinski definition) is 1. The van der Waals surface area contributed by atoms with Crippen LogP contribution >= 0.6 is 0 Å². The molecule has 1 aliphatic heterocycles. The molecule has 0 spiro atoms. The van der Waals surface area contributed by atoms with Gasteiger partial charge in [0.2, 0.25) is 11.8 Å². The summed E-state index contributed by atoms with van der Waals surface area (Å²) in [6.07, 6.45) is 4.46. The SMILES string of the molecule is C.CCCCOC1CC(C)OC1n1cnc2c(OC)nc(N)nc21. The van der Waals surface area contributed by atoms with Crippen molar-refractivity contribution in [3.05, 3.63) is 6.33 Å². The van der Waals surface area contributed by atoms with E-state index in [1.165, 1.54) is 7.11 Å². The summed E-state index contributed by atoms with van der Waals surface area (Å²) in [5.41, 5.74) is 6.93. The zero-order valence-electron chi connectivity index (χ0n) is 13.7. The molecule has 0 radical (unpaired) electrons. The lowest BCUT2D eigenvalue weighted by atomic mass is 10.2. The van der Waals surface area contributed by atoms with Gasteiger partial charge in [-0.3, -0.25) is 4.57 Å². The molecule has 3 unspecified atom stereocenters. The molecular formula is C16H27N5O3. The molecule has 8 nitrogen and oxygen atoms in total. The molecule has 1 saturated heterocycles. The zero-order valence-corrected chi connectivity index (χ0v) is 13.7. The van der Waals surface area contributed by atoms with Gasteiger partial charge in [-0.05, 0) is 13.3 Å². The average molecular weight is 337 g/mol. The normalized spacial score (nSPS) is 23.4. The number of ether oxygens (including phenoxy) is 3. The number of unbranched alkanes of at least 4 members (excludes halogenated alkanes) is 1. The van der Waals surface area contributed by atoms with Crippen LogP contribution in [-0.4, -0.2) is 45.4 Å². The van der Waals surface area contributed by atoms with Gasteiger partial charge < -0.3 is 19.9 Å². The molecule has 134 valence electrons. The first kappa shape index (κ1) is 18.4. The Morgan fingerprint density at radius 3 is 2.92 bits per heavy atom. The van der Waals surface area contributed by atoms with E-state index in [4.69, 9.17) is 19.9 Å². The Balaban J connectivity index is 0.00000208. The predicted octanol–water partition coefficient (Wildman–Crippen LogP) is 2.55. The lowest BCUT2D eigenvalue weighted by Gasteiger charge is -2.20. The number of nitrogens with two attached hydrogens (primary N) is 1. The van der Waals surface area contributed by atoms with Crippen LogP contribution < -0.4 is 10.5 Å². The highest BCUT2D eigenvalue weighted by atomic mass is 16.6. The molecule has 24 heavy (non-hydrogen) atoms. The van der Waals surface area contributed by atoms with Crippen molar-refractivity contribution in [2.24, 2.45) is 0 Å². The van der Waals surface area contributed by atoms with Gasteiger partial charge in [-0.2, -0.15) is 9.97 Å². The molecule has 8 heteroatoms. The minimum absolute atomic E-state index is 0. The smallest absolute Gasteiger partial charge is 0.246 e. The maximum absolute atomic E-state index is 6.03. The number of nitrogen functional groups attached to an aromatic ring is 1. The van der Waals surface area contributed by atoms with Gasteiger partial charge in [0.05, 0.1) is 19.5 Å². The summed E-state index contributed by atoms with van der Waals surface area (Å²) in [6.45, 7) is 4.91. The summed E-state index contributed by atoms with van der Waals surface area (Å²) < 4.78 is 19.1. The maximum Gasteiger partial charge on any atom is 0.246 e. The van der Waals surface area contributed by atoms with Gasteiger partial charge in [-0.1, -0.05) is 20.8 Å². The summed E-state index contributed by atoms with van der Waals surface area (Å²) in [5, 5.41) is 0. The predicted molar refractivity (Wildman–Crippen MR) is 91.9 cm³/mol. The van der Waals surface area contributed by atoms with Gasteiger partial charge in [-0.15, -0.1) is 0 Å². The van der Waals surface area contributed by atoms with E-state index in [1.807, 2.05) is 11.5 Å². The highest BCUT2D eigenvalue weighted by Gasteiger charge is 2.36. The molecule has 1 aliphatic rings. The number of nitrogens with zero attached hydrogens (tertiary/aromatic N) is 4. The third kappa shape index (κ3) is 3.44.